The van der Waals surface area contributed by atoms with Crippen LogP contribution in [-0.2, 0) is 22.7 Å². The third kappa shape index (κ3) is 4.72. The molecule has 11 heteroatoms. The van der Waals surface area contributed by atoms with Crippen molar-refractivity contribution in [2.75, 3.05) is 22.8 Å². The molecule has 0 bridgehead atoms. The van der Waals surface area contributed by atoms with Crippen molar-refractivity contribution >= 4 is 33.0 Å². The third-order valence-corrected chi connectivity index (χ3v) is 7.22. The van der Waals surface area contributed by atoms with Crippen LogP contribution in [-0.4, -0.2) is 21.6 Å². The van der Waals surface area contributed by atoms with Crippen molar-refractivity contribution in [2.24, 2.45) is 0 Å². The molecule has 0 spiro atoms. The van der Waals surface area contributed by atoms with Crippen LogP contribution in [0.5, 0.6) is 5.75 Å². The topological polar surface area (TPSA) is 58.6 Å². The van der Waals surface area contributed by atoms with E-state index in [1.165, 1.54) is 24.3 Å². The number of nitrogens with one attached hydrogen (secondary N) is 1. The summed E-state index contributed by atoms with van der Waals surface area (Å²) in [6.45, 7) is -0.0253. The Labute approximate surface area is 192 Å². The molecule has 1 aliphatic heterocycles. The molecule has 0 aromatic heterocycles. The van der Waals surface area contributed by atoms with Gasteiger partial charge in [0, 0.05) is 22.8 Å². The van der Waals surface area contributed by atoms with E-state index in [9.17, 15) is 26.0 Å². The lowest BCUT2D eigenvalue weighted by atomic mass is 10.2. The lowest BCUT2D eigenvalue weighted by Crippen LogP contribution is -2.38. The molecule has 0 radical (unpaired) electrons. The predicted octanol–water partition coefficient (Wildman–Crippen LogP) is 5.70. The van der Waals surface area contributed by atoms with Crippen molar-refractivity contribution in [1.29, 1.82) is 0 Å². The molecule has 0 saturated carbocycles. The SMILES string of the molecule is O=S(=O)(c1cccc(C(F)(F)F)c1)N1CCOc2ccc(NCc3c(F)cccc3Cl)cc21. The zero-order valence-corrected chi connectivity index (χ0v) is 18.4. The number of rotatable bonds is 5. The van der Waals surface area contributed by atoms with Gasteiger partial charge in [0.1, 0.15) is 18.2 Å². The summed E-state index contributed by atoms with van der Waals surface area (Å²) in [5.41, 5.74) is -0.220. The monoisotopic (exact) mass is 500 g/mol. The van der Waals surface area contributed by atoms with Crippen molar-refractivity contribution in [3.8, 4) is 5.75 Å². The standard InChI is InChI=1S/C22H17ClF4N2O3S/c23-18-5-2-6-19(24)17(18)13-28-15-7-8-21-20(12-15)29(9-10-32-21)33(30,31)16-4-1-3-14(11-16)22(25,26)27/h1-8,11-12,28H,9-10,13H2. The minimum absolute atomic E-state index is 0.0306. The van der Waals surface area contributed by atoms with Crippen LogP contribution in [0.1, 0.15) is 11.1 Å². The first-order valence-electron chi connectivity index (χ1n) is 9.71. The van der Waals surface area contributed by atoms with E-state index in [4.69, 9.17) is 16.3 Å². The summed E-state index contributed by atoms with van der Waals surface area (Å²) in [5.74, 6) is -0.240. The molecule has 3 aromatic carbocycles. The Morgan fingerprint density at radius 2 is 1.82 bits per heavy atom. The minimum Gasteiger partial charge on any atom is -0.489 e. The summed E-state index contributed by atoms with van der Waals surface area (Å²) in [7, 11) is -4.31. The van der Waals surface area contributed by atoms with Gasteiger partial charge < -0.3 is 10.1 Å². The minimum atomic E-state index is -4.68. The molecule has 0 unspecified atom stereocenters. The Balaban J connectivity index is 1.66. The highest BCUT2D eigenvalue weighted by Gasteiger charge is 2.34. The van der Waals surface area contributed by atoms with Crippen molar-refractivity contribution in [1.82, 2.24) is 0 Å². The number of benzene rings is 3. The van der Waals surface area contributed by atoms with E-state index in [0.29, 0.717) is 11.8 Å². The van der Waals surface area contributed by atoms with Gasteiger partial charge >= 0.3 is 6.18 Å². The molecular formula is C22H17ClF4N2O3S. The molecule has 5 nitrogen and oxygen atoms in total. The second-order valence-corrected chi connectivity index (χ2v) is 9.46. The van der Waals surface area contributed by atoms with Crippen molar-refractivity contribution in [3.05, 3.63) is 82.6 Å². The number of hydrogen-bond donors (Lipinski definition) is 1. The van der Waals surface area contributed by atoms with Crippen molar-refractivity contribution in [2.45, 2.75) is 17.6 Å². The van der Waals surface area contributed by atoms with Crippen LogP contribution in [0.15, 0.2) is 65.6 Å². The highest BCUT2D eigenvalue weighted by Crippen LogP contribution is 2.38. The van der Waals surface area contributed by atoms with E-state index in [2.05, 4.69) is 5.32 Å². The first-order chi connectivity index (χ1) is 15.6. The van der Waals surface area contributed by atoms with Crippen LogP contribution >= 0.6 is 11.6 Å². The van der Waals surface area contributed by atoms with E-state index < -0.39 is 32.5 Å². The van der Waals surface area contributed by atoms with Crippen LogP contribution < -0.4 is 14.4 Å². The van der Waals surface area contributed by atoms with Gasteiger partial charge in [0.25, 0.3) is 10.0 Å². The van der Waals surface area contributed by atoms with Gasteiger partial charge in [-0.25, -0.2) is 12.8 Å². The second-order valence-electron chi connectivity index (χ2n) is 7.19. The quantitative estimate of drug-likeness (QED) is 0.457. The number of alkyl halides is 3. The molecule has 1 heterocycles. The summed E-state index contributed by atoms with van der Waals surface area (Å²) in [5, 5.41) is 3.22. The average Bonchev–Trinajstić information content (AvgIpc) is 2.77. The Bertz CT molecular complexity index is 1280. The molecule has 1 N–H and O–H groups in total. The Morgan fingerprint density at radius 3 is 2.55 bits per heavy atom. The summed E-state index contributed by atoms with van der Waals surface area (Å²) in [6, 6.07) is 12.5. The molecule has 33 heavy (non-hydrogen) atoms. The maximum Gasteiger partial charge on any atom is 0.416 e. The Hall–Kier alpha value is -2.98. The summed E-state index contributed by atoms with van der Waals surface area (Å²) >= 11 is 6.04. The van der Waals surface area contributed by atoms with Gasteiger partial charge in [-0.05, 0) is 48.5 Å². The molecule has 4 rings (SSSR count). The third-order valence-electron chi connectivity index (χ3n) is 5.06. The molecule has 3 aromatic rings. The summed E-state index contributed by atoms with van der Waals surface area (Å²) in [6.07, 6.45) is -4.68. The highest BCUT2D eigenvalue weighted by atomic mass is 35.5. The van der Waals surface area contributed by atoms with Crippen molar-refractivity contribution < 1.29 is 30.7 Å². The molecule has 0 atom stereocenters. The van der Waals surface area contributed by atoms with Crippen molar-refractivity contribution in [3.63, 3.8) is 0 Å². The zero-order chi connectivity index (χ0) is 23.8. The van der Waals surface area contributed by atoms with Gasteiger partial charge in [-0.3, -0.25) is 4.31 Å². The number of halogens is 5. The normalized spacial score (nSPS) is 13.9. The fraction of sp³-hybridized carbons (Fsp3) is 0.182. The van der Waals surface area contributed by atoms with Gasteiger partial charge in [-0.1, -0.05) is 23.7 Å². The zero-order valence-electron chi connectivity index (χ0n) is 16.9. The maximum atomic E-state index is 14.0. The summed E-state index contributed by atoms with van der Waals surface area (Å²) < 4.78 is 86.3. The smallest absolute Gasteiger partial charge is 0.416 e. The summed E-state index contributed by atoms with van der Waals surface area (Å²) in [4.78, 5) is -0.485. The van der Waals surface area contributed by atoms with Gasteiger partial charge in [-0.2, -0.15) is 13.2 Å². The Morgan fingerprint density at radius 1 is 1.06 bits per heavy atom. The molecule has 0 fully saturated rings. The first-order valence-corrected chi connectivity index (χ1v) is 11.5. The molecule has 1 aliphatic rings. The molecule has 0 amide bonds. The van der Waals surface area contributed by atoms with Crippen LogP contribution in [0.2, 0.25) is 5.02 Å². The second kappa shape index (κ2) is 8.75. The average molecular weight is 501 g/mol. The van der Waals surface area contributed by atoms with Crippen LogP contribution in [0.4, 0.5) is 28.9 Å². The molecule has 0 saturated heterocycles. The predicted molar refractivity (Wildman–Crippen MR) is 117 cm³/mol. The van der Waals surface area contributed by atoms with Crippen LogP contribution in [0, 0.1) is 5.82 Å². The van der Waals surface area contributed by atoms with E-state index in [1.807, 2.05) is 0 Å². The van der Waals surface area contributed by atoms with E-state index in [1.54, 1.807) is 12.1 Å². The Kier molecular flexibility index (Phi) is 6.15. The van der Waals surface area contributed by atoms with Crippen LogP contribution in [0.3, 0.4) is 0 Å². The number of ether oxygens (including phenoxy) is 1. The number of hydrogen-bond acceptors (Lipinski definition) is 4. The lowest BCUT2D eigenvalue weighted by molar-refractivity contribution is -0.137. The number of nitrogens with zero attached hydrogens (tertiary/aromatic N) is 1. The maximum absolute atomic E-state index is 14.0. The fourth-order valence-corrected chi connectivity index (χ4v) is 5.13. The van der Waals surface area contributed by atoms with E-state index in [0.717, 1.165) is 22.5 Å². The van der Waals surface area contributed by atoms with Gasteiger partial charge in [0.2, 0.25) is 0 Å². The molecule has 0 aliphatic carbocycles. The first kappa shape index (κ1) is 23.2. The lowest BCUT2D eigenvalue weighted by Gasteiger charge is -2.31. The van der Waals surface area contributed by atoms with E-state index >= 15 is 0 Å². The highest BCUT2D eigenvalue weighted by molar-refractivity contribution is 7.92. The van der Waals surface area contributed by atoms with E-state index in [-0.39, 0.29) is 41.7 Å². The fourth-order valence-electron chi connectivity index (χ4n) is 3.40. The number of anilines is 2. The number of sulfonamides is 1. The largest absolute Gasteiger partial charge is 0.489 e. The van der Waals surface area contributed by atoms with Gasteiger partial charge in [0.05, 0.1) is 22.7 Å². The van der Waals surface area contributed by atoms with Crippen LogP contribution in [0.25, 0.3) is 0 Å². The van der Waals surface area contributed by atoms with Gasteiger partial charge in [-0.15, -0.1) is 0 Å². The molecular weight excluding hydrogens is 484 g/mol. The van der Waals surface area contributed by atoms with Gasteiger partial charge in [0.15, 0.2) is 0 Å². The molecule has 174 valence electrons. The number of fused-ring (bicyclic) bond motifs is 1.